The van der Waals surface area contributed by atoms with Gasteiger partial charge in [0.05, 0.1) is 0 Å². The van der Waals surface area contributed by atoms with E-state index in [2.05, 4.69) is 290 Å². The second kappa shape index (κ2) is 18.3. The zero-order valence-electron chi connectivity index (χ0n) is 38.1. The molecule has 0 aliphatic carbocycles. The van der Waals surface area contributed by atoms with E-state index in [1.54, 1.807) is 0 Å². The lowest BCUT2D eigenvalue weighted by molar-refractivity contribution is 1.28. The minimum Gasteiger partial charge on any atom is -0.310 e. The van der Waals surface area contributed by atoms with Crippen LogP contribution in [0.2, 0.25) is 0 Å². The summed E-state index contributed by atoms with van der Waals surface area (Å²) >= 11 is 0. The van der Waals surface area contributed by atoms with Crippen molar-refractivity contribution in [3.8, 4) is 77.9 Å². The van der Waals surface area contributed by atoms with Crippen LogP contribution < -0.4 is 4.90 Å². The van der Waals surface area contributed by atoms with E-state index in [1.807, 2.05) is 0 Å². The van der Waals surface area contributed by atoms with Gasteiger partial charge in [-0.15, -0.1) is 0 Å². The van der Waals surface area contributed by atoms with Crippen LogP contribution in [0.3, 0.4) is 0 Å². The highest BCUT2D eigenvalue weighted by molar-refractivity contribution is 6.25. The van der Waals surface area contributed by atoms with Crippen LogP contribution in [0.1, 0.15) is 0 Å². The highest BCUT2D eigenvalue weighted by atomic mass is 15.1. The van der Waals surface area contributed by atoms with Crippen LogP contribution >= 0.6 is 0 Å². The van der Waals surface area contributed by atoms with Gasteiger partial charge in [0.15, 0.2) is 0 Å². The summed E-state index contributed by atoms with van der Waals surface area (Å²) in [4.78, 5) is 2.39. The molecule has 0 bridgehead atoms. The molecule has 0 heterocycles. The van der Waals surface area contributed by atoms with Crippen molar-refractivity contribution in [3.63, 3.8) is 0 Å². The molecule has 12 aromatic carbocycles. The van der Waals surface area contributed by atoms with Crippen LogP contribution in [0.5, 0.6) is 0 Å². The van der Waals surface area contributed by atoms with Gasteiger partial charge in [-0.05, 0) is 136 Å². The van der Waals surface area contributed by atoms with Gasteiger partial charge in [0.1, 0.15) is 0 Å². The van der Waals surface area contributed by atoms with E-state index in [4.69, 9.17) is 0 Å². The monoisotopic (exact) mass is 877 g/mol. The van der Waals surface area contributed by atoms with Crippen molar-refractivity contribution in [2.75, 3.05) is 4.90 Å². The van der Waals surface area contributed by atoms with Crippen LogP contribution in [0, 0.1) is 0 Å². The maximum absolute atomic E-state index is 2.39. The number of nitrogens with zero attached hydrogens (tertiary/aromatic N) is 1. The number of hydrogen-bond donors (Lipinski definition) is 0. The lowest BCUT2D eigenvalue weighted by Crippen LogP contribution is -2.10. The minimum absolute atomic E-state index is 1.08. The van der Waals surface area contributed by atoms with Crippen molar-refractivity contribution < 1.29 is 0 Å². The van der Waals surface area contributed by atoms with Gasteiger partial charge >= 0.3 is 0 Å². The maximum Gasteiger partial charge on any atom is 0.0467 e. The Balaban J connectivity index is 1.00. The maximum atomic E-state index is 2.39. The van der Waals surface area contributed by atoms with Crippen molar-refractivity contribution in [1.29, 1.82) is 0 Å². The summed E-state index contributed by atoms with van der Waals surface area (Å²) in [5.41, 5.74) is 20.1. The predicted octanol–water partition coefficient (Wildman–Crippen LogP) is 19.1. The molecule has 69 heavy (non-hydrogen) atoms. The Kier molecular flexibility index (Phi) is 11.0. The van der Waals surface area contributed by atoms with Crippen molar-refractivity contribution >= 4 is 38.6 Å². The Morgan fingerprint density at radius 2 is 0.551 bits per heavy atom. The Labute approximate surface area is 404 Å². The summed E-state index contributed by atoms with van der Waals surface area (Å²) in [6.07, 6.45) is 0. The molecule has 0 saturated heterocycles. The predicted molar refractivity (Wildman–Crippen MR) is 294 cm³/mol. The van der Waals surface area contributed by atoms with Gasteiger partial charge < -0.3 is 4.90 Å². The Bertz CT molecular complexity index is 3720. The van der Waals surface area contributed by atoms with Crippen LogP contribution in [-0.4, -0.2) is 0 Å². The van der Waals surface area contributed by atoms with E-state index in [-0.39, 0.29) is 0 Å². The molecule has 1 heteroatoms. The first-order valence-electron chi connectivity index (χ1n) is 23.8. The number of hydrogen-bond acceptors (Lipinski definition) is 1. The SMILES string of the molecule is c1ccc(-c2cccc(N(c3ccc(-c4cccc(-c5ccccc5)c4-c4ccccc4)cc3)c3ccc(-c4cccc5c(-c6ccccc6)c(-c6ccccc6)c6ccccc6c45)cc3)c2)cc1. The normalized spacial score (nSPS) is 11.2. The van der Waals surface area contributed by atoms with E-state index in [9.17, 15) is 0 Å². The summed E-state index contributed by atoms with van der Waals surface area (Å²) in [6, 6.07) is 104. The molecule has 1 nitrogen and oxygen atoms in total. The van der Waals surface area contributed by atoms with Crippen molar-refractivity contribution in [2.45, 2.75) is 0 Å². The molecule has 0 atom stereocenters. The first kappa shape index (κ1) is 41.4. The zero-order chi connectivity index (χ0) is 45.9. The molecule has 324 valence electrons. The summed E-state index contributed by atoms with van der Waals surface area (Å²) in [5.74, 6) is 0. The Morgan fingerprint density at radius 3 is 1.10 bits per heavy atom. The molecule has 0 aliphatic heterocycles. The fraction of sp³-hybridized carbons (Fsp3) is 0. The first-order chi connectivity index (χ1) is 34.3. The number of rotatable bonds is 10. The molecular formula is C68H47N. The van der Waals surface area contributed by atoms with Crippen LogP contribution in [0.25, 0.3) is 99.4 Å². The van der Waals surface area contributed by atoms with E-state index < -0.39 is 0 Å². The van der Waals surface area contributed by atoms with E-state index in [0.717, 1.165) is 22.6 Å². The molecule has 0 amide bonds. The second-order valence-corrected chi connectivity index (χ2v) is 17.6. The van der Waals surface area contributed by atoms with Gasteiger partial charge in [-0.2, -0.15) is 0 Å². The molecule has 0 unspecified atom stereocenters. The highest BCUT2D eigenvalue weighted by Gasteiger charge is 2.21. The standard InChI is InChI=1S/C68H47N/c1-6-21-48(22-7-1)55-31-18-32-58(47-55)69(56-43-39-50(40-44-56)60-36-19-35-59(49-23-8-2-9-24-49)65(60)52-25-10-3-11-26-52)57-45-41-51(42-46-57)61-37-20-38-64-67(54-29-14-5-15-30-54)66(53-27-12-4-13-28-53)62-33-16-17-34-63(62)68(61)64/h1-47H. The Hall–Kier alpha value is -9.04. The summed E-state index contributed by atoms with van der Waals surface area (Å²) in [6.45, 7) is 0. The summed E-state index contributed by atoms with van der Waals surface area (Å²) in [5, 5.41) is 4.99. The molecule has 0 aliphatic rings. The third-order valence-electron chi connectivity index (χ3n) is 13.5. The quantitative estimate of drug-likeness (QED) is 0.124. The fourth-order valence-electron chi connectivity index (χ4n) is 10.3. The fourth-order valence-corrected chi connectivity index (χ4v) is 10.3. The lowest BCUT2D eigenvalue weighted by atomic mass is 9.83. The van der Waals surface area contributed by atoms with Gasteiger partial charge in [-0.25, -0.2) is 0 Å². The van der Waals surface area contributed by atoms with Crippen molar-refractivity contribution in [3.05, 3.63) is 285 Å². The largest absolute Gasteiger partial charge is 0.310 e. The van der Waals surface area contributed by atoms with Gasteiger partial charge in [-0.1, -0.05) is 249 Å². The second-order valence-electron chi connectivity index (χ2n) is 17.6. The van der Waals surface area contributed by atoms with E-state index in [1.165, 1.54) is 93.9 Å². The van der Waals surface area contributed by atoms with E-state index >= 15 is 0 Å². The summed E-state index contributed by atoms with van der Waals surface area (Å²) < 4.78 is 0. The molecule has 0 saturated carbocycles. The van der Waals surface area contributed by atoms with Crippen LogP contribution in [-0.2, 0) is 0 Å². The molecular weight excluding hydrogens is 831 g/mol. The van der Waals surface area contributed by atoms with Crippen LogP contribution in [0.4, 0.5) is 17.1 Å². The molecule has 0 N–H and O–H groups in total. The third-order valence-corrected chi connectivity index (χ3v) is 13.5. The number of anilines is 3. The molecule has 0 radical (unpaired) electrons. The van der Waals surface area contributed by atoms with Crippen molar-refractivity contribution in [2.24, 2.45) is 0 Å². The molecule has 0 spiro atoms. The molecule has 12 aromatic rings. The number of benzene rings is 12. The average Bonchev–Trinajstić information content (AvgIpc) is 3.44. The van der Waals surface area contributed by atoms with Gasteiger partial charge in [0, 0.05) is 17.1 Å². The van der Waals surface area contributed by atoms with Gasteiger partial charge in [-0.3, -0.25) is 0 Å². The van der Waals surface area contributed by atoms with Crippen molar-refractivity contribution in [1.82, 2.24) is 0 Å². The highest BCUT2D eigenvalue weighted by Crippen LogP contribution is 2.48. The minimum atomic E-state index is 1.08. The van der Waals surface area contributed by atoms with Gasteiger partial charge in [0.2, 0.25) is 0 Å². The van der Waals surface area contributed by atoms with E-state index in [0.29, 0.717) is 0 Å². The number of fused-ring (bicyclic) bond motifs is 3. The zero-order valence-corrected chi connectivity index (χ0v) is 38.1. The molecule has 0 aromatic heterocycles. The Morgan fingerprint density at radius 1 is 0.188 bits per heavy atom. The van der Waals surface area contributed by atoms with Crippen LogP contribution in [0.15, 0.2) is 285 Å². The smallest absolute Gasteiger partial charge is 0.0467 e. The third kappa shape index (κ3) is 7.86. The summed E-state index contributed by atoms with van der Waals surface area (Å²) in [7, 11) is 0. The average molecular weight is 878 g/mol. The first-order valence-corrected chi connectivity index (χ1v) is 23.8. The topological polar surface area (TPSA) is 3.24 Å². The van der Waals surface area contributed by atoms with Gasteiger partial charge in [0.25, 0.3) is 0 Å². The molecule has 12 rings (SSSR count). The molecule has 0 fully saturated rings. The lowest BCUT2D eigenvalue weighted by Gasteiger charge is -2.27.